The number of nitrogens with one attached hydrogen (secondary N) is 1. The van der Waals surface area contributed by atoms with Gasteiger partial charge in [0.1, 0.15) is 0 Å². The summed E-state index contributed by atoms with van der Waals surface area (Å²) in [6.07, 6.45) is 4.70. The molecule has 0 saturated carbocycles. The average Bonchev–Trinajstić information content (AvgIpc) is 2.27. The van der Waals surface area contributed by atoms with Crippen LogP contribution in [-0.2, 0) is 12.8 Å². The number of hydrogen-bond donors (Lipinski definition) is 1. The summed E-state index contributed by atoms with van der Waals surface area (Å²) in [5.74, 6) is 0. The summed E-state index contributed by atoms with van der Waals surface area (Å²) in [5, 5.41) is 3.36. The van der Waals surface area contributed by atoms with Gasteiger partial charge in [0.25, 0.3) is 0 Å². The molecule has 0 fully saturated rings. The zero-order valence-corrected chi connectivity index (χ0v) is 9.01. The van der Waals surface area contributed by atoms with Crippen molar-refractivity contribution in [3.63, 3.8) is 0 Å². The van der Waals surface area contributed by atoms with E-state index in [9.17, 15) is 0 Å². The highest BCUT2D eigenvalue weighted by atomic mass is 14.9. The van der Waals surface area contributed by atoms with Crippen LogP contribution in [-0.4, -0.2) is 12.0 Å². The largest absolute Gasteiger partial charge is 0.313 e. The van der Waals surface area contributed by atoms with Crippen LogP contribution in [0.5, 0.6) is 0 Å². The predicted molar refractivity (Wildman–Crippen MR) is 58.4 cm³/mol. The van der Waals surface area contributed by atoms with E-state index in [4.69, 9.17) is 0 Å². The van der Waals surface area contributed by atoms with E-state index in [1.807, 2.05) is 7.05 Å². The quantitative estimate of drug-likeness (QED) is 0.773. The SMILES string of the molecule is CCc1ccc2c(n1)CCCC2NC. The molecule has 1 heterocycles. The molecule has 1 aromatic rings. The molecule has 0 radical (unpaired) electrons. The van der Waals surface area contributed by atoms with Crippen molar-refractivity contribution in [2.75, 3.05) is 7.05 Å². The lowest BCUT2D eigenvalue weighted by Gasteiger charge is -2.24. The van der Waals surface area contributed by atoms with Gasteiger partial charge in [-0.3, -0.25) is 4.98 Å². The molecular weight excluding hydrogens is 172 g/mol. The second kappa shape index (κ2) is 4.09. The maximum Gasteiger partial charge on any atom is 0.0454 e. The molecule has 0 aliphatic heterocycles. The number of nitrogens with zero attached hydrogens (tertiary/aromatic N) is 1. The van der Waals surface area contributed by atoms with Crippen LogP contribution in [0.25, 0.3) is 0 Å². The van der Waals surface area contributed by atoms with Gasteiger partial charge in [-0.25, -0.2) is 0 Å². The minimum Gasteiger partial charge on any atom is -0.313 e. The van der Waals surface area contributed by atoms with E-state index in [2.05, 4.69) is 29.4 Å². The lowest BCUT2D eigenvalue weighted by molar-refractivity contribution is 0.489. The van der Waals surface area contributed by atoms with Gasteiger partial charge in [-0.15, -0.1) is 0 Å². The predicted octanol–water partition coefficient (Wildman–Crippen LogP) is 2.24. The first-order valence-corrected chi connectivity index (χ1v) is 5.51. The third-order valence-corrected chi connectivity index (χ3v) is 3.06. The van der Waals surface area contributed by atoms with E-state index in [-0.39, 0.29) is 0 Å². The van der Waals surface area contributed by atoms with Gasteiger partial charge in [0.05, 0.1) is 0 Å². The lowest BCUT2D eigenvalue weighted by Crippen LogP contribution is -2.22. The first-order valence-electron chi connectivity index (χ1n) is 5.51. The molecule has 1 atom stereocenters. The van der Waals surface area contributed by atoms with Crippen LogP contribution in [0.3, 0.4) is 0 Å². The van der Waals surface area contributed by atoms with Crippen LogP contribution >= 0.6 is 0 Å². The molecule has 76 valence electrons. The number of hydrogen-bond acceptors (Lipinski definition) is 2. The Labute approximate surface area is 85.7 Å². The lowest BCUT2D eigenvalue weighted by atomic mass is 9.91. The van der Waals surface area contributed by atoms with Crippen LogP contribution in [0, 0.1) is 0 Å². The minimum atomic E-state index is 0.525. The molecule has 2 heteroatoms. The number of pyridine rings is 1. The Morgan fingerprint density at radius 3 is 3.07 bits per heavy atom. The molecule has 1 aliphatic rings. The molecule has 0 saturated heterocycles. The van der Waals surface area contributed by atoms with Gasteiger partial charge in [0, 0.05) is 17.4 Å². The highest BCUT2D eigenvalue weighted by Gasteiger charge is 2.19. The van der Waals surface area contributed by atoms with E-state index < -0.39 is 0 Å². The van der Waals surface area contributed by atoms with Crippen LogP contribution in [0.2, 0.25) is 0 Å². The van der Waals surface area contributed by atoms with E-state index in [1.165, 1.54) is 29.8 Å². The van der Waals surface area contributed by atoms with Gasteiger partial charge in [-0.2, -0.15) is 0 Å². The monoisotopic (exact) mass is 190 g/mol. The summed E-state index contributed by atoms with van der Waals surface area (Å²) in [5.41, 5.74) is 3.95. The molecular formula is C12H18N2. The van der Waals surface area contributed by atoms with E-state index in [0.717, 1.165) is 12.8 Å². The molecule has 1 N–H and O–H groups in total. The Morgan fingerprint density at radius 2 is 2.36 bits per heavy atom. The van der Waals surface area contributed by atoms with Gasteiger partial charge in [-0.1, -0.05) is 13.0 Å². The highest BCUT2D eigenvalue weighted by molar-refractivity contribution is 5.28. The summed E-state index contributed by atoms with van der Waals surface area (Å²) >= 11 is 0. The van der Waals surface area contributed by atoms with Gasteiger partial charge in [0.15, 0.2) is 0 Å². The second-order valence-corrected chi connectivity index (χ2v) is 3.93. The molecule has 1 unspecified atom stereocenters. The van der Waals surface area contributed by atoms with E-state index in [0.29, 0.717) is 6.04 Å². The van der Waals surface area contributed by atoms with Crippen molar-refractivity contribution in [1.82, 2.24) is 10.3 Å². The standard InChI is InChI=1S/C12H18N2/c1-3-9-7-8-10-11(13-2)5-4-6-12(10)14-9/h7-8,11,13H,3-6H2,1-2H3. The molecule has 0 aromatic carbocycles. The highest BCUT2D eigenvalue weighted by Crippen LogP contribution is 2.28. The van der Waals surface area contributed by atoms with Crippen LogP contribution < -0.4 is 5.32 Å². The number of rotatable bonds is 2. The molecule has 2 nitrogen and oxygen atoms in total. The maximum absolute atomic E-state index is 4.69. The zero-order valence-electron chi connectivity index (χ0n) is 9.01. The third-order valence-electron chi connectivity index (χ3n) is 3.06. The van der Waals surface area contributed by atoms with Gasteiger partial charge >= 0.3 is 0 Å². The van der Waals surface area contributed by atoms with Crippen molar-refractivity contribution in [3.05, 3.63) is 29.1 Å². The number of fused-ring (bicyclic) bond motifs is 1. The topological polar surface area (TPSA) is 24.9 Å². The maximum atomic E-state index is 4.69. The van der Waals surface area contributed by atoms with E-state index >= 15 is 0 Å². The smallest absolute Gasteiger partial charge is 0.0454 e. The molecule has 2 rings (SSSR count). The molecule has 14 heavy (non-hydrogen) atoms. The Kier molecular flexibility index (Phi) is 2.82. The average molecular weight is 190 g/mol. The minimum absolute atomic E-state index is 0.525. The number of aromatic nitrogens is 1. The van der Waals surface area contributed by atoms with Crippen molar-refractivity contribution >= 4 is 0 Å². The van der Waals surface area contributed by atoms with Gasteiger partial charge < -0.3 is 5.32 Å². The van der Waals surface area contributed by atoms with Gasteiger partial charge in [-0.05, 0) is 44.4 Å². The van der Waals surface area contributed by atoms with Crippen molar-refractivity contribution in [2.24, 2.45) is 0 Å². The van der Waals surface area contributed by atoms with Crippen molar-refractivity contribution in [3.8, 4) is 0 Å². The Bertz CT molecular complexity index is 320. The second-order valence-electron chi connectivity index (χ2n) is 3.93. The molecule has 0 amide bonds. The molecule has 1 aromatic heterocycles. The van der Waals surface area contributed by atoms with Crippen molar-refractivity contribution in [2.45, 2.75) is 38.6 Å². The molecule has 0 spiro atoms. The van der Waals surface area contributed by atoms with Crippen molar-refractivity contribution in [1.29, 1.82) is 0 Å². The van der Waals surface area contributed by atoms with Crippen LogP contribution in [0.4, 0.5) is 0 Å². The molecule has 0 bridgehead atoms. The first-order chi connectivity index (χ1) is 6.85. The summed E-state index contributed by atoms with van der Waals surface area (Å²) in [7, 11) is 2.04. The van der Waals surface area contributed by atoms with E-state index in [1.54, 1.807) is 0 Å². The summed E-state index contributed by atoms with van der Waals surface area (Å²) in [4.78, 5) is 4.69. The van der Waals surface area contributed by atoms with Crippen molar-refractivity contribution < 1.29 is 0 Å². The Balaban J connectivity index is 2.35. The molecule has 1 aliphatic carbocycles. The fourth-order valence-corrected chi connectivity index (χ4v) is 2.20. The third kappa shape index (κ3) is 1.67. The Hall–Kier alpha value is -0.890. The zero-order chi connectivity index (χ0) is 9.97. The Morgan fingerprint density at radius 1 is 1.50 bits per heavy atom. The van der Waals surface area contributed by atoms with Gasteiger partial charge in [0.2, 0.25) is 0 Å². The fourth-order valence-electron chi connectivity index (χ4n) is 2.20. The summed E-state index contributed by atoms with van der Waals surface area (Å²) < 4.78 is 0. The summed E-state index contributed by atoms with van der Waals surface area (Å²) in [6, 6.07) is 4.94. The first kappa shape index (κ1) is 9.66. The number of aryl methyl sites for hydroxylation is 2. The fraction of sp³-hybridized carbons (Fsp3) is 0.583. The van der Waals surface area contributed by atoms with Crippen LogP contribution in [0.15, 0.2) is 12.1 Å². The normalized spacial score (nSPS) is 20.6. The van der Waals surface area contributed by atoms with Crippen LogP contribution in [0.1, 0.15) is 42.8 Å². The summed E-state index contributed by atoms with van der Waals surface area (Å²) in [6.45, 7) is 2.16.